The minimum Gasteiger partial charge on any atom is -0.352 e. The van der Waals surface area contributed by atoms with E-state index in [1.165, 1.54) is 12.8 Å². The van der Waals surface area contributed by atoms with Gasteiger partial charge >= 0.3 is 0 Å². The molecule has 0 unspecified atom stereocenters. The molecule has 0 spiro atoms. The van der Waals surface area contributed by atoms with Crippen LogP contribution in [0.15, 0.2) is 24.4 Å². The molecule has 0 saturated carbocycles. The summed E-state index contributed by atoms with van der Waals surface area (Å²) in [4.78, 5) is 16.5. The van der Waals surface area contributed by atoms with Crippen LogP contribution in [-0.4, -0.2) is 33.8 Å². The molecule has 25 heavy (non-hydrogen) atoms. The van der Waals surface area contributed by atoms with Gasteiger partial charge in [0.05, 0.1) is 5.69 Å². The van der Waals surface area contributed by atoms with Crippen molar-refractivity contribution in [3.05, 3.63) is 41.3 Å². The Morgan fingerprint density at radius 1 is 1.32 bits per heavy atom. The second-order valence-corrected chi connectivity index (χ2v) is 6.87. The van der Waals surface area contributed by atoms with Crippen molar-refractivity contribution >= 4 is 5.91 Å². The molecule has 1 amide bonds. The summed E-state index contributed by atoms with van der Waals surface area (Å²) in [6, 6.07) is 5.96. The van der Waals surface area contributed by atoms with Gasteiger partial charge in [-0.1, -0.05) is 6.07 Å². The Morgan fingerprint density at radius 3 is 2.76 bits per heavy atom. The maximum Gasteiger partial charge on any atom is 0.220 e. The van der Waals surface area contributed by atoms with Gasteiger partial charge in [-0.05, 0) is 69.8 Å². The first-order chi connectivity index (χ1) is 12.1. The van der Waals surface area contributed by atoms with Crippen LogP contribution in [0, 0.1) is 19.8 Å². The lowest BCUT2D eigenvalue weighted by Gasteiger charge is -2.22. The number of piperidine rings is 1. The maximum atomic E-state index is 12.0. The summed E-state index contributed by atoms with van der Waals surface area (Å²) in [6.45, 7) is 6.67. The Kier molecular flexibility index (Phi) is 5.81. The number of pyridine rings is 1. The number of hydrogen-bond acceptors (Lipinski definition) is 4. The Labute approximate surface area is 149 Å². The quantitative estimate of drug-likeness (QED) is 0.845. The fourth-order valence-corrected chi connectivity index (χ4v) is 3.30. The fraction of sp³-hybridized carbons (Fsp3) is 0.526. The zero-order valence-electron chi connectivity index (χ0n) is 15.1. The van der Waals surface area contributed by atoms with Crippen molar-refractivity contribution in [2.45, 2.75) is 46.1 Å². The highest BCUT2D eigenvalue weighted by molar-refractivity contribution is 5.75. The number of rotatable bonds is 6. The van der Waals surface area contributed by atoms with Crippen LogP contribution in [0.25, 0.3) is 5.82 Å². The molecule has 1 aliphatic heterocycles. The highest BCUT2D eigenvalue weighted by atomic mass is 16.1. The maximum absolute atomic E-state index is 12.0. The SMILES string of the molecule is Cc1cc(C)n(-c2ccc(CNC(=O)CCC3CCNCC3)cn2)n1. The molecule has 2 aromatic rings. The molecule has 0 radical (unpaired) electrons. The molecule has 1 fully saturated rings. The fourth-order valence-electron chi connectivity index (χ4n) is 3.30. The molecular formula is C19H27N5O. The molecule has 0 atom stereocenters. The second kappa shape index (κ2) is 8.25. The number of nitrogens with zero attached hydrogens (tertiary/aromatic N) is 3. The average molecular weight is 341 g/mol. The summed E-state index contributed by atoms with van der Waals surface area (Å²) >= 11 is 0. The van der Waals surface area contributed by atoms with Crippen LogP contribution >= 0.6 is 0 Å². The molecule has 0 aromatic carbocycles. The molecule has 134 valence electrons. The van der Waals surface area contributed by atoms with Crippen molar-refractivity contribution in [3.8, 4) is 5.82 Å². The molecule has 3 heterocycles. The van der Waals surface area contributed by atoms with Gasteiger partial charge in [0.15, 0.2) is 5.82 Å². The zero-order valence-corrected chi connectivity index (χ0v) is 15.1. The van der Waals surface area contributed by atoms with Crippen molar-refractivity contribution in [2.75, 3.05) is 13.1 Å². The van der Waals surface area contributed by atoms with Crippen LogP contribution in [-0.2, 0) is 11.3 Å². The first-order valence-electron chi connectivity index (χ1n) is 9.08. The van der Waals surface area contributed by atoms with Crippen LogP contribution in [0.3, 0.4) is 0 Å². The third-order valence-corrected chi connectivity index (χ3v) is 4.76. The minimum absolute atomic E-state index is 0.126. The second-order valence-electron chi connectivity index (χ2n) is 6.87. The summed E-state index contributed by atoms with van der Waals surface area (Å²) in [7, 11) is 0. The Morgan fingerprint density at radius 2 is 2.12 bits per heavy atom. The van der Waals surface area contributed by atoms with Gasteiger partial charge < -0.3 is 10.6 Å². The molecule has 6 heteroatoms. The van der Waals surface area contributed by atoms with Crippen molar-refractivity contribution in [3.63, 3.8) is 0 Å². The standard InChI is InChI=1S/C19H27N5O/c1-14-11-15(2)24(23-14)18-5-3-17(12-21-18)13-22-19(25)6-4-16-7-9-20-10-8-16/h3,5,11-12,16,20H,4,6-10,13H2,1-2H3,(H,22,25). The number of hydrogen-bond donors (Lipinski definition) is 2. The van der Waals surface area contributed by atoms with E-state index in [4.69, 9.17) is 0 Å². The number of amides is 1. The lowest BCUT2D eigenvalue weighted by molar-refractivity contribution is -0.121. The van der Waals surface area contributed by atoms with Gasteiger partial charge in [0.2, 0.25) is 5.91 Å². The lowest BCUT2D eigenvalue weighted by atomic mass is 9.93. The molecule has 2 aromatic heterocycles. The highest BCUT2D eigenvalue weighted by Gasteiger charge is 2.14. The topological polar surface area (TPSA) is 71.8 Å². The number of carbonyl (C=O) groups is 1. The number of carbonyl (C=O) groups excluding carboxylic acids is 1. The van der Waals surface area contributed by atoms with Gasteiger partial charge in [-0.25, -0.2) is 9.67 Å². The molecule has 3 rings (SSSR count). The van der Waals surface area contributed by atoms with Crippen LogP contribution in [0.1, 0.15) is 42.6 Å². The Balaban J connectivity index is 1.46. The van der Waals surface area contributed by atoms with E-state index < -0.39 is 0 Å². The van der Waals surface area contributed by atoms with Gasteiger partial charge in [-0.3, -0.25) is 4.79 Å². The van der Waals surface area contributed by atoms with Crippen LogP contribution in [0.2, 0.25) is 0 Å². The third-order valence-electron chi connectivity index (χ3n) is 4.76. The summed E-state index contributed by atoms with van der Waals surface area (Å²) < 4.78 is 1.83. The Bertz CT molecular complexity index is 701. The molecular weight excluding hydrogens is 314 g/mol. The normalized spacial score (nSPS) is 15.3. The van der Waals surface area contributed by atoms with Crippen LogP contribution in [0.4, 0.5) is 0 Å². The van der Waals surface area contributed by atoms with Crippen molar-refractivity contribution in [1.82, 2.24) is 25.4 Å². The lowest BCUT2D eigenvalue weighted by Crippen LogP contribution is -2.29. The number of aryl methyl sites for hydroxylation is 2. The van der Waals surface area contributed by atoms with E-state index in [2.05, 4.69) is 20.7 Å². The van der Waals surface area contributed by atoms with Gasteiger partial charge in [-0.2, -0.15) is 5.10 Å². The van der Waals surface area contributed by atoms with Gasteiger partial charge in [-0.15, -0.1) is 0 Å². The molecule has 0 aliphatic carbocycles. The van der Waals surface area contributed by atoms with Crippen molar-refractivity contribution in [1.29, 1.82) is 0 Å². The van der Waals surface area contributed by atoms with Crippen LogP contribution < -0.4 is 10.6 Å². The van der Waals surface area contributed by atoms with E-state index in [1.54, 1.807) is 6.20 Å². The molecule has 1 aliphatic rings. The van der Waals surface area contributed by atoms with Crippen molar-refractivity contribution < 1.29 is 4.79 Å². The summed E-state index contributed by atoms with van der Waals surface area (Å²) in [5.74, 6) is 1.61. The smallest absolute Gasteiger partial charge is 0.220 e. The zero-order chi connectivity index (χ0) is 17.6. The molecule has 1 saturated heterocycles. The summed E-state index contributed by atoms with van der Waals surface area (Å²) in [5, 5.41) is 10.8. The van der Waals surface area contributed by atoms with E-state index >= 15 is 0 Å². The summed E-state index contributed by atoms with van der Waals surface area (Å²) in [6.07, 6.45) is 5.78. The average Bonchev–Trinajstić information content (AvgIpc) is 2.98. The van der Waals surface area contributed by atoms with E-state index in [1.807, 2.05) is 36.7 Å². The number of nitrogens with one attached hydrogen (secondary N) is 2. The van der Waals surface area contributed by atoms with E-state index in [-0.39, 0.29) is 5.91 Å². The molecule has 0 bridgehead atoms. The van der Waals surface area contributed by atoms with Crippen LogP contribution in [0.5, 0.6) is 0 Å². The largest absolute Gasteiger partial charge is 0.352 e. The minimum atomic E-state index is 0.126. The highest BCUT2D eigenvalue weighted by Crippen LogP contribution is 2.17. The first kappa shape index (κ1) is 17.6. The monoisotopic (exact) mass is 341 g/mol. The van der Waals surface area contributed by atoms with Gasteiger partial charge in [0, 0.05) is 24.9 Å². The number of aromatic nitrogens is 3. The van der Waals surface area contributed by atoms with E-state index in [0.717, 1.165) is 42.3 Å². The first-order valence-corrected chi connectivity index (χ1v) is 9.08. The van der Waals surface area contributed by atoms with E-state index in [0.29, 0.717) is 18.9 Å². The van der Waals surface area contributed by atoms with E-state index in [9.17, 15) is 4.79 Å². The predicted molar refractivity (Wildman–Crippen MR) is 97.5 cm³/mol. The third kappa shape index (κ3) is 4.89. The summed E-state index contributed by atoms with van der Waals surface area (Å²) in [5.41, 5.74) is 3.04. The van der Waals surface area contributed by atoms with Gasteiger partial charge in [0.1, 0.15) is 0 Å². The van der Waals surface area contributed by atoms with Crippen molar-refractivity contribution in [2.24, 2.45) is 5.92 Å². The Hall–Kier alpha value is -2.21. The molecule has 2 N–H and O–H groups in total. The molecule has 6 nitrogen and oxygen atoms in total. The predicted octanol–water partition coefficient (Wildman–Crippen LogP) is 2.28. The van der Waals surface area contributed by atoms with Gasteiger partial charge in [0.25, 0.3) is 0 Å².